The van der Waals surface area contributed by atoms with Gasteiger partial charge in [-0.05, 0) is 38.1 Å². The van der Waals surface area contributed by atoms with E-state index in [1.807, 2.05) is 0 Å². The van der Waals surface area contributed by atoms with Crippen LogP contribution in [-0.4, -0.2) is 77.2 Å². The SMILES string of the molecule is CC(=O)N1CCN(C(=O)Nc2nc(CC(=O)Nc3ccc(S(=O)(=O)Nc4cc(C)nc(C)n4)cc3)cs2)CC1. The summed E-state index contributed by atoms with van der Waals surface area (Å²) in [6.07, 6.45) is -0.0301. The number of aromatic nitrogens is 3. The quantitative estimate of drug-likeness (QED) is 0.388. The number of piperazine rings is 1. The summed E-state index contributed by atoms with van der Waals surface area (Å²) in [5, 5.41) is 7.49. The summed E-state index contributed by atoms with van der Waals surface area (Å²) >= 11 is 1.21. The van der Waals surface area contributed by atoms with Crippen LogP contribution >= 0.6 is 11.3 Å². The lowest BCUT2D eigenvalue weighted by Crippen LogP contribution is -2.51. The van der Waals surface area contributed by atoms with Gasteiger partial charge in [-0.3, -0.25) is 19.6 Å². The van der Waals surface area contributed by atoms with Crippen molar-refractivity contribution in [3.63, 3.8) is 0 Å². The van der Waals surface area contributed by atoms with Crippen molar-refractivity contribution in [1.82, 2.24) is 24.8 Å². The van der Waals surface area contributed by atoms with Crippen molar-refractivity contribution in [3.8, 4) is 0 Å². The third-order valence-corrected chi connectivity index (χ3v) is 7.95. The predicted octanol–water partition coefficient (Wildman–Crippen LogP) is 2.23. The number of sulfonamides is 1. The minimum absolute atomic E-state index is 0.0111. The van der Waals surface area contributed by atoms with Gasteiger partial charge in [0.25, 0.3) is 10.0 Å². The van der Waals surface area contributed by atoms with Crippen molar-refractivity contribution in [3.05, 3.63) is 52.9 Å². The first-order chi connectivity index (χ1) is 18.5. The number of anilines is 3. The molecule has 1 saturated heterocycles. The van der Waals surface area contributed by atoms with Crippen LogP contribution in [0, 0.1) is 13.8 Å². The first-order valence-electron chi connectivity index (χ1n) is 12.0. The van der Waals surface area contributed by atoms with E-state index < -0.39 is 10.0 Å². The number of benzene rings is 1. The second kappa shape index (κ2) is 11.7. The van der Waals surface area contributed by atoms with Crippen molar-refractivity contribution in [2.75, 3.05) is 41.5 Å². The van der Waals surface area contributed by atoms with Gasteiger partial charge < -0.3 is 15.1 Å². The number of amides is 4. The summed E-state index contributed by atoms with van der Waals surface area (Å²) in [7, 11) is -3.88. The highest BCUT2D eigenvalue weighted by Gasteiger charge is 2.23. The van der Waals surface area contributed by atoms with E-state index in [-0.39, 0.29) is 35.0 Å². The molecule has 0 saturated carbocycles. The molecule has 0 atom stereocenters. The van der Waals surface area contributed by atoms with Crippen molar-refractivity contribution in [2.45, 2.75) is 32.1 Å². The van der Waals surface area contributed by atoms with E-state index >= 15 is 0 Å². The lowest BCUT2D eigenvalue weighted by molar-refractivity contribution is -0.130. The van der Waals surface area contributed by atoms with E-state index in [1.54, 1.807) is 29.0 Å². The zero-order chi connectivity index (χ0) is 28.2. The molecule has 1 aliphatic rings. The highest BCUT2D eigenvalue weighted by Crippen LogP contribution is 2.20. The van der Waals surface area contributed by atoms with Crippen LogP contribution in [0.1, 0.15) is 24.1 Å². The third-order valence-electron chi connectivity index (χ3n) is 5.77. The van der Waals surface area contributed by atoms with Crippen LogP contribution in [-0.2, 0) is 26.0 Å². The van der Waals surface area contributed by atoms with Gasteiger partial charge in [-0.25, -0.2) is 28.2 Å². The van der Waals surface area contributed by atoms with Crippen molar-refractivity contribution < 1.29 is 22.8 Å². The zero-order valence-corrected chi connectivity index (χ0v) is 23.2. The Labute approximate surface area is 229 Å². The average Bonchev–Trinajstić information content (AvgIpc) is 3.29. The van der Waals surface area contributed by atoms with Gasteiger partial charge in [-0.2, -0.15) is 0 Å². The molecule has 0 bridgehead atoms. The molecule has 39 heavy (non-hydrogen) atoms. The molecule has 3 heterocycles. The second-order valence-corrected chi connectivity index (χ2v) is 11.4. The number of hydrogen-bond donors (Lipinski definition) is 3. The summed E-state index contributed by atoms with van der Waals surface area (Å²) < 4.78 is 27.8. The highest BCUT2D eigenvalue weighted by atomic mass is 32.2. The number of nitrogens with zero attached hydrogens (tertiary/aromatic N) is 5. The van der Waals surface area contributed by atoms with Gasteiger partial charge in [0.1, 0.15) is 11.6 Å². The molecule has 0 spiro atoms. The van der Waals surface area contributed by atoms with E-state index in [2.05, 4.69) is 30.3 Å². The number of urea groups is 1. The standard InChI is InChI=1S/C24H28N8O5S2/c1-15-12-21(26-16(2)25-15)30-39(36,37)20-6-4-18(5-7-20)27-22(34)13-19-14-38-23(28-19)29-24(35)32-10-8-31(9-11-32)17(3)33/h4-7,12,14H,8-11,13H2,1-3H3,(H,27,34)(H,25,26,30)(H,28,29,35). The van der Waals surface area contributed by atoms with Gasteiger partial charge in [0.2, 0.25) is 11.8 Å². The largest absolute Gasteiger partial charge is 0.339 e. The van der Waals surface area contributed by atoms with Crippen molar-refractivity contribution in [1.29, 1.82) is 0 Å². The smallest absolute Gasteiger partial charge is 0.323 e. The van der Waals surface area contributed by atoms with Crippen LogP contribution in [0.15, 0.2) is 40.6 Å². The van der Waals surface area contributed by atoms with Crippen LogP contribution in [0.3, 0.4) is 0 Å². The van der Waals surface area contributed by atoms with Crippen LogP contribution < -0.4 is 15.4 Å². The van der Waals surface area contributed by atoms with Gasteiger partial charge in [0.15, 0.2) is 5.13 Å². The Kier molecular flexibility index (Phi) is 8.40. The van der Waals surface area contributed by atoms with Gasteiger partial charge in [0, 0.05) is 55.9 Å². The Morgan fingerprint density at radius 1 is 0.949 bits per heavy atom. The molecule has 4 rings (SSSR count). The minimum atomic E-state index is -3.88. The topological polar surface area (TPSA) is 167 Å². The molecule has 206 valence electrons. The molecule has 0 radical (unpaired) electrons. The summed E-state index contributed by atoms with van der Waals surface area (Å²) in [5.74, 6) is 0.259. The summed E-state index contributed by atoms with van der Waals surface area (Å²) in [6.45, 7) is 6.75. The van der Waals surface area contributed by atoms with E-state index in [0.29, 0.717) is 54.2 Å². The van der Waals surface area contributed by atoms with Gasteiger partial charge in [-0.15, -0.1) is 11.3 Å². The lowest BCUT2D eigenvalue weighted by atomic mass is 10.3. The molecule has 4 amide bonds. The molecule has 0 unspecified atom stereocenters. The molecule has 1 fully saturated rings. The van der Waals surface area contributed by atoms with E-state index in [0.717, 1.165) is 0 Å². The maximum atomic E-state index is 12.7. The Morgan fingerprint density at radius 3 is 2.26 bits per heavy atom. The number of carbonyl (C=O) groups excluding carboxylic acids is 3. The Bertz CT molecular complexity index is 1460. The van der Waals surface area contributed by atoms with Crippen molar-refractivity contribution >= 4 is 55.8 Å². The fraction of sp³-hybridized carbons (Fsp3) is 0.333. The Hall–Kier alpha value is -4.11. The average molecular weight is 573 g/mol. The maximum absolute atomic E-state index is 12.7. The molecule has 0 aliphatic carbocycles. The summed E-state index contributed by atoms with van der Waals surface area (Å²) in [6, 6.07) is 6.96. The van der Waals surface area contributed by atoms with Crippen molar-refractivity contribution in [2.24, 2.45) is 0 Å². The zero-order valence-electron chi connectivity index (χ0n) is 21.6. The van der Waals surface area contributed by atoms with Gasteiger partial charge in [0.05, 0.1) is 17.0 Å². The van der Waals surface area contributed by atoms with E-state index in [4.69, 9.17) is 0 Å². The second-order valence-electron chi connectivity index (χ2n) is 8.86. The number of thiazole rings is 1. The van der Waals surface area contributed by atoms with Crippen LogP contribution in [0.4, 0.5) is 21.4 Å². The maximum Gasteiger partial charge on any atom is 0.323 e. The molecule has 3 aromatic rings. The van der Waals surface area contributed by atoms with E-state index in [1.165, 1.54) is 48.6 Å². The molecule has 1 aliphatic heterocycles. The molecule has 2 aromatic heterocycles. The molecule has 3 N–H and O–H groups in total. The Morgan fingerprint density at radius 2 is 1.62 bits per heavy atom. The molecular weight excluding hydrogens is 544 g/mol. The van der Waals surface area contributed by atoms with Crippen LogP contribution in [0.25, 0.3) is 0 Å². The van der Waals surface area contributed by atoms with Crippen LogP contribution in [0.2, 0.25) is 0 Å². The Balaban J connectivity index is 1.28. The molecule has 15 heteroatoms. The number of aryl methyl sites for hydroxylation is 2. The monoisotopic (exact) mass is 572 g/mol. The predicted molar refractivity (Wildman–Crippen MR) is 146 cm³/mol. The number of hydrogen-bond acceptors (Lipinski definition) is 9. The third kappa shape index (κ3) is 7.48. The van der Waals surface area contributed by atoms with Gasteiger partial charge in [-0.1, -0.05) is 0 Å². The molecule has 1 aromatic carbocycles. The highest BCUT2D eigenvalue weighted by molar-refractivity contribution is 7.92. The number of nitrogens with one attached hydrogen (secondary N) is 3. The fourth-order valence-corrected chi connectivity index (χ4v) is 5.59. The van der Waals surface area contributed by atoms with Gasteiger partial charge >= 0.3 is 6.03 Å². The summed E-state index contributed by atoms with van der Waals surface area (Å²) in [4.78, 5) is 52.3. The lowest BCUT2D eigenvalue weighted by Gasteiger charge is -2.33. The normalized spacial score (nSPS) is 13.6. The first-order valence-corrected chi connectivity index (χ1v) is 14.4. The fourth-order valence-electron chi connectivity index (χ4n) is 3.89. The molecule has 13 nitrogen and oxygen atoms in total. The summed E-state index contributed by atoms with van der Waals surface area (Å²) in [5.41, 5.74) is 1.53. The minimum Gasteiger partial charge on any atom is -0.339 e. The number of rotatable bonds is 7. The molecular formula is C24H28N8O5S2. The van der Waals surface area contributed by atoms with E-state index in [9.17, 15) is 22.8 Å². The first kappa shape index (κ1) is 27.9. The van der Waals surface area contributed by atoms with Crippen LogP contribution in [0.5, 0.6) is 0 Å². The number of carbonyl (C=O) groups is 3.